The van der Waals surface area contributed by atoms with Crippen LogP contribution in [0.15, 0.2) is 29.3 Å². The molecule has 1 aromatic rings. The van der Waals surface area contributed by atoms with Crippen molar-refractivity contribution >= 4 is 46.6 Å². The fraction of sp³-hybridized carbons (Fsp3) is 0.389. The molecule has 1 fully saturated rings. The molecular formula is C18H21ClN2O4S. The molecule has 0 radical (unpaired) electrons. The van der Waals surface area contributed by atoms with Gasteiger partial charge >= 0.3 is 0 Å². The first-order chi connectivity index (χ1) is 12.1. The average molecular weight is 397 g/mol. The van der Waals surface area contributed by atoms with E-state index in [2.05, 4.69) is 5.32 Å². The maximum atomic E-state index is 12.4. The van der Waals surface area contributed by atoms with Gasteiger partial charge in [0.05, 0.1) is 23.6 Å². The monoisotopic (exact) mass is 396 g/mol. The fourth-order valence-electron chi connectivity index (χ4n) is 2.14. The summed E-state index contributed by atoms with van der Waals surface area (Å²) in [5.41, 5.74) is -0.137. The van der Waals surface area contributed by atoms with Crippen molar-refractivity contribution in [3.63, 3.8) is 0 Å². The highest BCUT2D eigenvalue weighted by Crippen LogP contribution is 2.31. The van der Waals surface area contributed by atoms with Gasteiger partial charge in [-0.3, -0.25) is 19.3 Å². The minimum absolute atomic E-state index is 0.100. The Morgan fingerprint density at radius 1 is 1.38 bits per heavy atom. The molecule has 0 spiro atoms. The Kier molecular flexibility index (Phi) is 6.36. The van der Waals surface area contributed by atoms with Crippen LogP contribution in [0.5, 0.6) is 5.75 Å². The van der Waals surface area contributed by atoms with Crippen LogP contribution < -0.4 is 10.1 Å². The number of ether oxygens (including phenoxy) is 1. The smallest absolute Gasteiger partial charge is 0.244 e. The number of nitrogens with zero attached hydrogens (tertiary/aromatic N) is 1. The highest BCUT2D eigenvalue weighted by Gasteiger charge is 2.31. The quantitative estimate of drug-likeness (QED) is 0.772. The van der Waals surface area contributed by atoms with Gasteiger partial charge in [-0.05, 0) is 18.2 Å². The molecule has 0 unspecified atom stereocenters. The standard InChI is InChI=1S/C18H21ClN2O4S/c1-18(2,3)14(22)8-17-21(16(24)10-26-17)9-15(23)20-12-7-11(19)5-6-13(12)25-4/h5-8H,9-10H2,1-4H3,(H,20,23)/b17-8-. The van der Waals surface area contributed by atoms with Crippen LogP contribution in [0.4, 0.5) is 5.69 Å². The molecule has 1 heterocycles. The summed E-state index contributed by atoms with van der Waals surface area (Å²) >= 11 is 7.20. The maximum Gasteiger partial charge on any atom is 0.244 e. The molecular weight excluding hydrogens is 376 g/mol. The number of rotatable bonds is 5. The van der Waals surface area contributed by atoms with Crippen molar-refractivity contribution in [2.75, 3.05) is 24.7 Å². The van der Waals surface area contributed by atoms with Crippen LogP contribution in [0.1, 0.15) is 20.8 Å². The number of anilines is 1. The molecule has 1 saturated heterocycles. The molecule has 0 atom stereocenters. The first kappa shape index (κ1) is 20.3. The molecule has 140 valence electrons. The SMILES string of the molecule is COc1ccc(Cl)cc1NC(=O)CN1C(=O)CS/C1=C\C(=O)C(C)(C)C. The number of hydrogen-bond acceptors (Lipinski definition) is 5. The van der Waals surface area contributed by atoms with Gasteiger partial charge in [0.25, 0.3) is 0 Å². The molecule has 2 rings (SSSR count). The van der Waals surface area contributed by atoms with E-state index in [1.54, 1.807) is 39.0 Å². The van der Waals surface area contributed by atoms with E-state index in [-0.39, 0.29) is 24.0 Å². The fourth-order valence-corrected chi connectivity index (χ4v) is 3.25. The van der Waals surface area contributed by atoms with Gasteiger partial charge < -0.3 is 10.1 Å². The van der Waals surface area contributed by atoms with Crippen molar-refractivity contribution in [1.82, 2.24) is 4.90 Å². The lowest BCUT2D eigenvalue weighted by Crippen LogP contribution is -2.34. The number of amides is 2. The number of thioether (sulfide) groups is 1. The van der Waals surface area contributed by atoms with E-state index in [0.29, 0.717) is 21.5 Å². The number of ketones is 1. The lowest BCUT2D eigenvalue weighted by Gasteiger charge is -2.19. The number of hydrogen-bond donors (Lipinski definition) is 1. The molecule has 1 aliphatic heterocycles. The Bertz CT molecular complexity index is 771. The second-order valence-electron chi connectivity index (χ2n) is 6.76. The number of halogens is 1. The zero-order valence-electron chi connectivity index (χ0n) is 15.1. The van der Waals surface area contributed by atoms with Gasteiger partial charge in [-0.15, -0.1) is 0 Å². The third-order valence-electron chi connectivity index (χ3n) is 3.64. The Labute approximate surface area is 161 Å². The van der Waals surface area contributed by atoms with Crippen LogP contribution >= 0.6 is 23.4 Å². The lowest BCUT2D eigenvalue weighted by atomic mass is 9.91. The summed E-state index contributed by atoms with van der Waals surface area (Å²) in [7, 11) is 1.48. The van der Waals surface area contributed by atoms with Gasteiger partial charge in [-0.25, -0.2) is 0 Å². The number of allylic oxidation sites excluding steroid dienone is 1. The van der Waals surface area contributed by atoms with Crippen LogP contribution in [0.3, 0.4) is 0 Å². The average Bonchev–Trinajstić information content (AvgIpc) is 2.87. The Morgan fingerprint density at radius 3 is 2.69 bits per heavy atom. The van der Waals surface area contributed by atoms with Crippen LogP contribution in [0.2, 0.25) is 5.02 Å². The van der Waals surface area contributed by atoms with Gasteiger partial charge in [0.1, 0.15) is 12.3 Å². The van der Waals surface area contributed by atoms with Crippen LogP contribution in [-0.2, 0) is 14.4 Å². The molecule has 0 bridgehead atoms. The summed E-state index contributed by atoms with van der Waals surface area (Å²) in [4.78, 5) is 38.0. The third-order valence-corrected chi connectivity index (χ3v) is 4.90. The lowest BCUT2D eigenvalue weighted by molar-refractivity contribution is -0.129. The van der Waals surface area contributed by atoms with Gasteiger partial charge in [-0.2, -0.15) is 0 Å². The Hall–Kier alpha value is -1.99. The highest BCUT2D eigenvalue weighted by atomic mass is 35.5. The summed E-state index contributed by atoms with van der Waals surface area (Å²) in [5.74, 6) is -0.0522. The highest BCUT2D eigenvalue weighted by molar-refractivity contribution is 8.04. The van der Waals surface area contributed by atoms with Gasteiger partial charge in [0, 0.05) is 16.5 Å². The molecule has 6 nitrogen and oxygen atoms in total. The second-order valence-corrected chi connectivity index (χ2v) is 8.19. The first-order valence-electron chi connectivity index (χ1n) is 7.94. The number of carbonyl (C=O) groups excluding carboxylic acids is 3. The molecule has 0 aliphatic carbocycles. The van der Waals surface area contributed by atoms with Crippen LogP contribution in [0, 0.1) is 5.41 Å². The predicted molar refractivity (Wildman–Crippen MR) is 103 cm³/mol. The van der Waals surface area contributed by atoms with E-state index in [4.69, 9.17) is 16.3 Å². The number of nitrogens with one attached hydrogen (secondary N) is 1. The van der Waals surface area contributed by atoms with E-state index in [1.807, 2.05) is 0 Å². The summed E-state index contributed by atoms with van der Waals surface area (Å²) in [6.07, 6.45) is 1.43. The van der Waals surface area contributed by atoms with Crippen molar-refractivity contribution in [2.45, 2.75) is 20.8 Å². The Morgan fingerprint density at radius 2 is 2.08 bits per heavy atom. The topological polar surface area (TPSA) is 75.7 Å². The summed E-state index contributed by atoms with van der Waals surface area (Å²) in [5, 5.41) is 3.63. The third kappa shape index (κ3) is 5.02. The van der Waals surface area contributed by atoms with Crippen molar-refractivity contribution in [1.29, 1.82) is 0 Å². The van der Waals surface area contributed by atoms with Crippen molar-refractivity contribution in [2.24, 2.45) is 5.41 Å². The minimum Gasteiger partial charge on any atom is -0.495 e. The Balaban J connectivity index is 2.14. The number of methoxy groups -OCH3 is 1. The number of carbonyl (C=O) groups is 3. The van der Waals surface area contributed by atoms with Crippen LogP contribution in [0.25, 0.3) is 0 Å². The predicted octanol–water partition coefficient (Wildman–Crippen LogP) is 3.32. The summed E-state index contributed by atoms with van der Waals surface area (Å²) in [6, 6.07) is 4.86. The van der Waals surface area contributed by atoms with Crippen molar-refractivity contribution in [3.05, 3.63) is 34.3 Å². The van der Waals surface area contributed by atoms with Gasteiger partial charge in [-0.1, -0.05) is 44.1 Å². The maximum absolute atomic E-state index is 12.4. The van der Waals surface area contributed by atoms with Gasteiger partial charge in [0.2, 0.25) is 11.8 Å². The zero-order chi connectivity index (χ0) is 19.5. The molecule has 1 aliphatic rings. The molecule has 8 heteroatoms. The molecule has 0 aromatic heterocycles. The van der Waals surface area contributed by atoms with E-state index in [1.165, 1.54) is 29.8 Å². The van der Waals surface area contributed by atoms with Crippen molar-refractivity contribution in [3.8, 4) is 5.75 Å². The number of benzene rings is 1. The summed E-state index contributed by atoms with van der Waals surface area (Å²) in [6.45, 7) is 5.22. The van der Waals surface area contributed by atoms with Crippen molar-refractivity contribution < 1.29 is 19.1 Å². The molecule has 26 heavy (non-hydrogen) atoms. The zero-order valence-corrected chi connectivity index (χ0v) is 16.7. The molecule has 1 N–H and O–H groups in total. The van der Waals surface area contributed by atoms with E-state index >= 15 is 0 Å². The minimum atomic E-state index is -0.554. The summed E-state index contributed by atoms with van der Waals surface area (Å²) < 4.78 is 5.19. The second kappa shape index (κ2) is 8.14. The van der Waals surface area contributed by atoms with E-state index in [0.717, 1.165) is 0 Å². The van der Waals surface area contributed by atoms with Gasteiger partial charge in [0.15, 0.2) is 5.78 Å². The van der Waals surface area contributed by atoms with E-state index < -0.39 is 11.3 Å². The molecule has 0 saturated carbocycles. The largest absolute Gasteiger partial charge is 0.495 e. The normalized spacial score (nSPS) is 16.1. The van der Waals surface area contributed by atoms with E-state index in [9.17, 15) is 14.4 Å². The first-order valence-corrected chi connectivity index (χ1v) is 9.31. The van der Waals surface area contributed by atoms with Crippen LogP contribution in [-0.4, -0.2) is 41.9 Å². The molecule has 1 aromatic carbocycles. The molecule has 2 amide bonds.